The van der Waals surface area contributed by atoms with E-state index in [0.717, 1.165) is 15.9 Å². The van der Waals surface area contributed by atoms with E-state index in [0.29, 0.717) is 17.4 Å². The zero-order valence-corrected chi connectivity index (χ0v) is 11.2. The van der Waals surface area contributed by atoms with Crippen molar-refractivity contribution in [2.75, 3.05) is 11.4 Å². The van der Waals surface area contributed by atoms with Crippen LogP contribution < -0.4 is 4.90 Å². The topological polar surface area (TPSA) is 33.2 Å². The molecule has 0 spiro atoms. The molecule has 6 heteroatoms. The van der Waals surface area contributed by atoms with Gasteiger partial charge in [0.15, 0.2) is 4.47 Å². The third-order valence-electron chi connectivity index (χ3n) is 2.76. The SMILES string of the molecule is O=C1CC(S)CN1c1ccc2sc(Cl)nc2c1. The van der Waals surface area contributed by atoms with Crippen molar-refractivity contribution in [1.82, 2.24) is 4.98 Å². The van der Waals surface area contributed by atoms with E-state index < -0.39 is 0 Å². The molecule has 1 aromatic heterocycles. The second kappa shape index (κ2) is 4.15. The molecule has 0 bridgehead atoms. The summed E-state index contributed by atoms with van der Waals surface area (Å²) in [6.45, 7) is 0.658. The maximum Gasteiger partial charge on any atom is 0.228 e. The first kappa shape index (κ1) is 11.3. The average molecular weight is 285 g/mol. The van der Waals surface area contributed by atoms with Gasteiger partial charge in [0, 0.05) is 23.9 Å². The summed E-state index contributed by atoms with van der Waals surface area (Å²) in [6.07, 6.45) is 0.499. The quantitative estimate of drug-likeness (QED) is 0.817. The smallest absolute Gasteiger partial charge is 0.228 e. The van der Waals surface area contributed by atoms with Crippen molar-refractivity contribution in [2.24, 2.45) is 0 Å². The summed E-state index contributed by atoms with van der Waals surface area (Å²) in [5, 5.41) is 0.122. The summed E-state index contributed by atoms with van der Waals surface area (Å²) in [4.78, 5) is 17.7. The Bertz CT molecular complexity index is 598. The largest absolute Gasteiger partial charge is 0.311 e. The molecule has 3 nitrogen and oxygen atoms in total. The summed E-state index contributed by atoms with van der Waals surface area (Å²) >= 11 is 11.6. The van der Waals surface area contributed by atoms with Gasteiger partial charge in [-0.1, -0.05) is 11.6 Å². The minimum atomic E-state index is 0.116. The molecular weight excluding hydrogens is 276 g/mol. The Kier molecular flexibility index (Phi) is 2.77. The number of carbonyl (C=O) groups is 1. The maximum absolute atomic E-state index is 11.8. The number of carbonyl (C=O) groups excluding carboxylic acids is 1. The number of anilines is 1. The molecule has 1 unspecified atom stereocenters. The fourth-order valence-electron chi connectivity index (χ4n) is 1.99. The predicted molar refractivity (Wildman–Crippen MR) is 74.4 cm³/mol. The van der Waals surface area contributed by atoms with Crippen LogP contribution in [0.25, 0.3) is 10.2 Å². The highest BCUT2D eigenvalue weighted by Gasteiger charge is 2.28. The summed E-state index contributed by atoms with van der Waals surface area (Å²) in [5.41, 5.74) is 1.72. The van der Waals surface area contributed by atoms with E-state index in [-0.39, 0.29) is 11.2 Å². The number of amides is 1. The molecule has 1 atom stereocenters. The lowest BCUT2D eigenvalue weighted by atomic mass is 10.3. The Balaban J connectivity index is 2.03. The number of rotatable bonds is 1. The van der Waals surface area contributed by atoms with Gasteiger partial charge in [-0.25, -0.2) is 4.98 Å². The van der Waals surface area contributed by atoms with Gasteiger partial charge >= 0.3 is 0 Å². The van der Waals surface area contributed by atoms with Gasteiger partial charge in [0.2, 0.25) is 5.91 Å². The molecule has 1 aromatic carbocycles. The van der Waals surface area contributed by atoms with Gasteiger partial charge in [-0.15, -0.1) is 11.3 Å². The number of thiazole rings is 1. The Labute approximate surface area is 113 Å². The van der Waals surface area contributed by atoms with E-state index in [1.165, 1.54) is 11.3 Å². The Morgan fingerprint density at radius 1 is 1.53 bits per heavy atom. The van der Waals surface area contributed by atoms with E-state index in [4.69, 9.17) is 11.6 Å². The fraction of sp³-hybridized carbons (Fsp3) is 0.273. The van der Waals surface area contributed by atoms with E-state index >= 15 is 0 Å². The highest BCUT2D eigenvalue weighted by Crippen LogP contribution is 2.31. The van der Waals surface area contributed by atoms with Crippen LogP contribution in [0.4, 0.5) is 5.69 Å². The van der Waals surface area contributed by atoms with Crippen molar-refractivity contribution in [3.05, 3.63) is 22.7 Å². The maximum atomic E-state index is 11.8. The predicted octanol–water partition coefficient (Wildman–Crippen LogP) is 2.98. The summed E-state index contributed by atoms with van der Waals surface area (Å²) in [6, 6.07) is 5.79. The van der Waals surface area contributed by atoms with Crippen molar-refractivity contribution < 1.29 is 4.79 Å². The minimum Gasteiger partial charge on any atom is -0.311 e. The number of aromatic nitrogens is 1. The summed E-state index contributed by atoms with van der Waals surface area (Å²) in [7, 11) is 0. The minimum absolute atomic E-state index is 0.116. The van der Waals surface area contributed by atoms with Crippen molar-refractivity contribution in [3.8, 4) is 0 Å². The highest BCUT2D eigenvalue weighted by molar-refractivity contribution is 7.81. The van der Waals surface area contributed by atoms with Gasteiger partial charge < -0.3 is 4.90 Å². The normalized spacial score (nSPS) is 20.5. The molecule has 88 valence electrons. The van der Waals surface area contributed by atoms with E-state index in [1.54, 1.807) is 4.90 Å². The number of hydrogen-bond donors (Lipinski definition) is 1. The molecule has 0 radical (unpaired) electrons. The van der Waals surface area contributed by atoms with E-state index in [9.17, 15) is 4.79 Å². The second-order valence-corrected chi connectivity index (χ2v) is 6.32. The molecule has 1 aliphatic heterocycles. The Morgan fingerprint density at radius 2 is 2.35 bits per heavy atom. The van der Waals surface area contributed by atoms with Crippen LogP contribution in [0.2, 0.25) is 4.47 Å². The lowest BCUT2D eigenvalue weighted by Crippen LogP contribution is -2.24. The molecule has 0 aliphatic carbocycles. The van der Waals surface area contributed by atoms with Crippen LogP contribution in [-0.4, -0.2) is 22.7 Å². The lowest BCUT2D eigenvalue weighted by molar-refractivity contribution is -0.117. The van der Waals surface area contributed by atoms with E-state index in [1.807, 2.05) is 18.2 Å². The molecule has 2 heterocycles. The number of halogens is 1. The number of thiol groups is 1. The molecule has 17 heavy (non-hydrogen) atoms. The number of nitrogens with zero attached hydrogens (tertiary/aromatic N) is 2. The molecule has 1 fully saturated rings. The van der Waals surface area contributed by atoms with Crippen LogP contribution >= 0.6 is 35.6 Å². The van der Waals surface area contributed by atoms with Gasteiger partial charge in [-0.2, -0.15) is 12.6 Å². The monoisotopic (exact) mass is 284 g/mol. The van der Waals surface area contributed by atoms with Gasteiger partial charge in [-0.3, -0.25) is 4.79 Å². The third-order valence-corrected chi connectivity index (χ3v) is 4.25. The van der Waals surface area contributed by atoms with Crippen molar-refractivity contribution in [2.45, 2.75) is 11.7 Å². The zero-order chi connectivity index (χ0) is 12.0. The first-order valence-corrected chi connectivity index (χ1v) is 6.89. The fourth-order valence-corrected chi connectivity index (χ4v) is 3.32. The van der Waals surface area contributed by atoms with Crippen molar-refractivity contribution in [3.63, 3.8) is 0 Å². The third kappa shape index (κ3) is 2.03. The van der Waals surface area contributed by atoms with E-state index in [2.05, 4.69) is 17.6 Å². The Morgan fingerprint density at radius 3 is 3.06 bits per heavy atom. The van der Waals surface area contributed by atoms with Gasteiger partial charge in [-0.05, 0) is 18.2 Å². The average Bonchev–Trinajstić information content (AvgIpc) is 2.78. The summed E-state index contributed by atoms with van der Waals surface area (Å²) < 4.78 is 1.56. The van der Waals surface area contributed by atoms with Gasteiger partial charge in [0.1, 0.15) is 0 Å². The van der Waals surface area contributed by atoms with Crippen molar-refractivity contribution in [1.29, 1.82) is 0 Å². The molecule has 1 saturated heterocycles. The van der Waals surface area contributed by atoms with Crippen LogP contribution in [0.3, 0.4) is 0 Å². The molecule has 0 N–H and O–H groups in total. The van der Waals surface area contributed by atoms with Crippen molar-refractivity contribution >= 4 is 57.4 Å². The number of fused-ring (bicyclic) bond motifs is 1. The standard InChI is InChI=1S/C11H9ClN2OS2/c12-11-13-8-3-6(1-2-9(8)17-11)14-5-7(16)4-10(14)15/h1-3,7,16H,4-5H2. The highest BCUT2D eigenvalue weighted by atomic mass is 35.5. The van der Waals surface area contributed by atoms with Crippen LogP contribution in [0.15, 0.2) is 18.2 Å². The molecule has 0 saturated carbocycles. The molecule has 1 amide bonds. The number of benzene rings is 1. The molecule has 3 rings (SSSR count). The zero-order valence-electron chi connectivity index (χ0n) is 8.76. The van der Waals surface area contributed by atoms with Gasteiger partial charge in [0.05, 0.1) is 10.2 Å². The lowest BCUT2D eigenvalue weighted by Gasteiger charge is -2.15. The number of hydrogen-bond acceptors (Lipinski definition) is 4. The first-order valence-electron chi connectivity index (χ1n) is 5.18. The molecule has 1 aliphatic rings. The van der Waals surface area contributed by atoms with Gasteiger partial charge in [0.25, 0.3) is 0 Å². The van der Waals surface area contributed by atoms with Crippen LogP contribution in [0, 0.1) is 0 Å². The second-order valence-electron chi connectivity index (χ2n) is 3.98. The molecule has 2 aromatic rings. The van der Waals surface area contributed by atoms with Crippen LogP contribution in [0.5, 0.6) is 0 Å². The van der Waals surface area contributed by atoms with Crippen LogP contribution in [-0.2, 0) is 4.79 Å². The van der Waals surface area contributed by atoms with Crippen LogP contribution in [0.1, 0.15) is 6.42 Å². The first-order chi connectivity index (χ1) is 8.13. The Hall–Kier alpha value is -0.780. The molecular formula is C11H9ClN2OS2. The summed E-state index contributed by atoms with van der Waals surface area (Å²) in [5.74, 6) is 0.116.